The molecule has 122 valence electrons. The second kappa shape index (κ2) is 5.95. The van der Waals surface area contributed by atoms with Gasteiger partial charge in [0.25, 0.3) is 0 Å². The van der Waals surface area contributed by atoms with Crippen molar-refractivity contribution in [3.63, 3.8) is 0 Å². The van der Waals surface area contributed by atoms with E-state index in [2.05, 4.69) is 26.0 Å². The zero-order valence-electron chi connectivity index (χ0n) is 13.6. The minimum atomic E-state index is -0.472. The van der Waals surface area contributed by atoms with Crippen LogP contribution in [0, 0.1) is 11.3 Å². The fourth-order valence-corrected chi connectivity index (χ4v) is 4.54. The molecule has 0 unspecified atom stereocenters. The van der Waals surface area contributed by atoms with Crippen LogP contribution in [0.5, 0.6) is 0 Å². The summed E-state index contributed by atoms with van der Waals surface area (Å²) in [6, 6.07) is 0. The second-order valence-corrected chi connectivity index (χ2v) is 7.63. The van der Waals surface area contributed by atoms with E-state index in [0.717, 1.165) is 37.7 Å². The number of hydrogen-bond donors (Lipinski definition) is 3. The van der Waals surface area contributed by atoms with Crippen LogP contribution in [0.1, 0.15) is 52.4 Å². The van der Waals surface area contributed by atoms with Crippen molar-refractivity contribution in [1.82, 2.24) is 0 Å². The van der Waals surface area contributed by atoms with E-state index in [9.17, 15) is 15.3 Å². The normalized spacial score (nSPS) is 42.7. The first-order valence-corrected chi connectivity index (χ1v) is 8.53. The van der Waals surface area contributed by atoms with Crippen LogP contribution in [0.25, 0.3) is 0 Å². The molecule has 0 amide bonds. The van der Waals surface area contributed by atoms with Crippen LogP contribution in [-0.4, -0.2) is 33.6 Å². The molecule has 0 aromatic heterocycles. The van der Waals surface area contributed by atoms with Gasteiger partial charge in [0.05, 0.1) is 18.3 Å². The molecule has 0 aliphatic heterocycles. The first kappa shape index (κ1) is 16.0. The first-order chi connectivity index (χ1) is 10.4. The zero-order chi connectivity index (χ0) is 15.9. The summed E-state index contributed by atoms with van der Waals surface area (Å²) in [5.41, 5.74) is 3.52. The van der Waals surface area contributed by atoms with Crippen LogP contribution in [0.4, 0.5) is 0 Å². The van der Waals surface area contributed by atoms with Gasteiger partial charge in [-0.2, -0.15) is 0 Å². The van der Waals surface area contributed by atoms with Crippen molar-refractivity contribution in [1.29, 1.82) is 0 Å². The number of allylic oxidation sites excluding steroid dienone is 4. The Morgan fingerprint density at radius 3 is 2.68 bits per heavy atom. The van der Waals surface area contributed by atoms with Gasteiger partial charge < -0.3 is 15.3 Å². The standard InChI is InChI=1S/C19H28O3/c1-12-3-6-15(20)9-13(12)4-5-14-10-16(21)11-19(2)17(14)7-8-18(19)22/h4-5,10,15-18,20-22H,3,6-9,11H2,1-2H3/b5-4+/t15-,16-,17+,18-,19+/m1/s1. The molecule has 22 heavy (non-hydrogen) atoms. The summed E-state index contributed by atoms with van der Waals surface area (Å²) in [4.78, 5) is 0. The van der Waals surface area contributed by atoms with Crippen molar-refractivity contribution in [2.75, 3.05) is 0 Å². The van der Waals surface area contributed by atoms with Crippen LogP contribution in [0.15, 0.2) is 34.9 Å². The Morgan fingerprint density at radius 2 is 1.91 bits per heavy atom. The predicted octanol–water partition coefficient (Wildman–Crippen LogP) is 2.87. The molecule has 0 spiro atoms. The van der Waals surface area contributed by atoms with Gasteiger partial charge in [-0.25, -0.2) is 0 Å². The molecule has 3 nitrogen and oxygen atoms in total. The summed E-state index contributed by atoms with van der Waals surface area (Å²) in [7, 11) is 0. The molecule has 3 N–H and O–H groups in total. The molecule has 0 aromatic carbocycles. The Hall–Kier alpha value is -0.900. The minimum absolute atomic E-state index is 0.205. The summed E-state index contributed by atoms with van der Waals surface area (Å²) in [5.74, 6) is 0.330. The maximum absolute atomic E-state index is 10.3. The molecule has 0 aromatic rings. The Labute approximate surface area is 133 Å². The fraction of sp³-hybridized carbons (Fsp3) is 0.684. The quantitative estimate of drug-likeness (QED) is 0.735. The van der Waals surface area contributed by atoms with Gasteiger partial charge in [-0.05, 0) is 62.5 Å². The first-order valence-electron chi connectivity index (χ1n) is 8.53. The molecule has 3 rings (SSSR count). The second-order valence-electron chi connectivity index (χ2n) is 7.63. The van der Waals surface area contributed by atoms with Crippen LogP contribution >= 0.6 is 0 Å². The molecule has 0 heterocycles. The lowest BCUT2D eigenvalue weighted by molar-refractivity contribution is 0.00663. The Bertz CT molecular complexity index is 531. The van der Waals surface area contributed by atoms with Crippen molar-refractivity contribution < 1.29 is 15.3 Å². The fourth-order valence-electron chi connectivity index (χ4n) is 4.54. The smallest absolute Gasteiger partial charge is 0.0733 e. The summed E-state index contributed by atoms with van der Waals surface area (Å²) in [6.45, 7) is 4.24. The molecule has 0 radical (unpaired) electrons. The highest BCUT2D eigenvalue weighted by atomic mass is 16.3. The van der Waals surface area contributed by atoms with Crippen molar-refractivity contribution in [2.45, 2.75) is 70.7 Å². The third kappa shape index (κ3) is 2.82. The summed E-state index contributed by atoms with van der Waals surface area (Å²) >= 11 is 0. The van der Waals surface area contributed by atoms with Gasteiger partial charge in [0.15, 0.2) is 0 Å². The molecule has 1 fully saturated rings. The molecule has 1 saturated carbocycles. The van der Waals surface area contributed by atoms with Crippen LogP contribution < -0.4 is 0 Å². The van der Waals surface area contributed by atoms with Crippen molar-refractivity contribution in [2.24, 2.45) is 11.3 Å². The molecular weight excluding hydrogens is 276 g/mol. The van der Waals surface area contributed by atoms with E-state index >= 15 is 0 Å². The lowest BCUT2D eigenvalue weighted by atomic mass is 9.67. The lowest BCUT2D eigenvalue weighted by Gasteiger charge is -2.40. The average Bonchev–Trinajstić information content (AvgIpc) is 2.75. The largest absolute Gasteiger partial charge is 0.393 e. The molecule has 0 bridgehead atoms. The van der Waals surface area contributed by atoms with Gasteiger partial charge in [0.1, 0.15) is 0 Å². The third-order valence-corrected chi connectivity index (χ3v) is 6.06. The van der Waals surface area contributed by atoms with Gasteiger partial charge >= 0.3 is 0 Å². The predicted molar refractivity (Wildman–Crippen MR) is 87.2 cm³/mol. The van der Waals surface area contributed by atoms with E-state index in [1.54, 1.807) is 0 Å². The minimum Gasteiger partial charge on any atom is -0.393 e. The highest BCUT2D eigenvalue weighted by Gasteiger charge is 2.49. The number of rotatable bonds is 2. The van der Waals surface area contributed by atoms with E-state index in [4.69, 9.17) is 0 Å². The zero-order valence-corrected chi connectivity index (χ0v) is 13.6. The number of aliphatic hydroxyl groups is 3. The summed E-state index contributed by atoms with van der Waals surface area (Å²) in [5, 5.41) is 30.3. The highest BCUT2D eigenvalue weighted by Crippen LogP contribution is 2.52. The van der Waals surface area contributed by atoms with E-state index in [1.165, 1.54) is 11.1 Å². The summed E-state index contributed by atoms with van der Waals surface area (Å²) < 4.78 is 0. The van der Waals surface area contributed by atoms with E-state index in [1.807, 2.05) is 6.08 Å². The van der Waals surface area contributed by atoms with Gasteiger partial charge in [0, 0.05) is 5.41 Å². The Kier molecular flexibility index (Phi) is 4.32. The number of aliphatic hydroxyl groups excluding tert-OH is 3. The topological polar surface area (TPSA) is 60.7 Å². The van der Waals surface area contributed by atoms with Gasteiger partial charge in [-0.1, -0.05) is 30.7 Å². The number of hydrogen-bond acceptors (Lipinski definition) is 3. The van der Waals surface area contributed by atoms with Gasteiger partial charge in [-0.15, -0.1) is 0 Å². The molecule has 5 atom stereocenters. The average molecular weight is 304 g/mol. The molecular formula is C19H28O3. The summed E-state index contributed by atoms with van der Waals surface area (Å²) in [6.07, 6.45) is 10.2. The van der Waals surface area contributed by atoms with Crippen molar-refractivity contribution in [3.05, 3.63) is 34.9 Å². The molecule has 3 heteroatoms. The van der Waals surface area contributed by atoms with E-state index < -0.39 is 6.10 Å². The van der Waals surface area contributed by atoms with Gasteiger partial charge in [0.2, 0.25) is 0 Å². The maximum atomic E-state index is 10.3. The Balaban J connectivity index is 1.84. The lowest BCUT2D eigenvalue weighted by Crippen LogP contribution is -2.39. The SMILES string of the molecule is CC1=C(/C=C/C2=C[C@@H](O)C[C@]3(C)[C@H](O)CC[C@@H]23)C[C@H](O)CC1. The van der Waals surface area contributed by atoms with Crippen LogP contribution in [-0.2, 0) is 0 Å². The van der Waals surface area contributed by atoms with E-state index in [-0.39, 0.29) is 17.6 Å². The highest BCUT2D eigenvalue weighted by molar-refractivity contribution is 5.37. The maximum Gasteiger partial charge on any atom is 0.0733 e. The van der Waals surface area contributed by atoms with Crippen molar-refractivity contribution in [3.8, 4) is 0 Å². The van der Waals surface area contributed by atoms with E-state index in [0.29, 0.717) is 12.3 Å². The molecule has 0 saturated heterocycles. The molecule has 3 aliphatic rings. The van der Waals surface area contributed by atoms with Gasteiger partial charge in [-0.3, -0.25) is 0 Å². The number of fused-ring (bicyclic) bond motifs is 1. The van der Waals surface area contributed by atoms with Crippen LogP contribution in [0.3, 0.4) is 0 Å². The molecule has 3 aliphatic carbocycles. The monoisotopic (exact) mass is 304 g/mol. The van der Waals surface area contributed by atoms with Crippen LogP contribution in [0.2, 0.25) is 0 Å². The van der Waals surface area contributed by atoms with Crippen molar-refractivity contribution >= 4 is 0 Å². The third-order valence-electron chi connectivity index (χ3n) is 6.06. The Morgan fingerprint density at radius 1 is 1.14 bits per heavy atom.